The van der Waals surface area contributed by atoms with Gasteiger partial charge in [-0.3, -0.25) is 4.90 Å². The second-order valence-corrected chi connectivity index (χ2v) is 5.41. The van der Waals surface area contributed by atoms with Gasteiger partial charge in [-0.1, -0.05) is 26.7 Å². The van der Waals surface area contributed by atoms with Gasteiger partial charge < -0.3 is 0 Å². The highest BCUT2D eigenvalue weighted by molar-refractivity contribution is 4.91. The predicted octanol–water partition coefficient (Wildman–Crippen LogP) is 3.44. The van der Waals surface area contributed by atoms with Crippen molar-refractivity contribution in [2.24, 2.45) is 5.92 Å². The Morgan fingerprint density at radius 1 is 1.14 bits per heavy atom. The Balaban J connectivity index is 1.87. The number of fused-ring (bicyclic) bond motifs is 1. The highest BCUT2D eigenvalue weighted by atomic mass is 15.2. The SMILES string of the molecule is CCCCC1CCC2CCC(C)CN12. The van der Waals surface area contributed by atoms with E-state index in [0.29, 0.717) is 0 Å². The van der Waals surface area contributed by atoms with Gasteiger partial charge in [0, 0.05) is 18.6 Å². The molecule has 0 spiro atoms. The lowest BCUT2D eigenvalue weighted by Crippen LogP contribution is -2.42. The summed E-state index contributed by atoms with van der Waals surface area (Å²) in [5, 5.41) is 0. The molecule has 3 atom stereocenters. The highest BCUT2D eigenvalue weighted by Crippen LogP contribution is 2.35. The van der Waals surface area contributed by atoms with E-state index in [1.807, 2.05) is 0 Å². The average Bonchev–Trinajstić information content (AvgIpc) is 2.57. The molecule has 0 aromatic rings. The van der Waals surface area contributed by atoms with Crippen LogP contribution in [0.4, 0.5) is 0 Å². The van der Waals surface area contributed by atoms with Gasteiger partial charge in [-0.2, -0.15) is 0 Å². The minimum Gasteiger partial charge on any atom is -0.297 e. The first-order chi connectivity index (χ1) is 6.81. The van der Waals surface area contributed by atoms with Crippen LogP contribution in [0.1, 0.15) is 58.8 Å². The van der Waals surface area contributed by atoms with Gasteiger partial charge in [-0.25, -0.2) is 0 Å². The molecule has 0 aliphatic carbocycles. The van der Waals surface area contributed by atoms with Gasteiger partial charge in [-0.05, 0) is 38.0 Å². The van der Waals surface area contributed by atoms with E-state index in [1.54, 1.807) is 0 Å². The molecule has 0 amide bonds. The maximum Gasteiger partial charge on any atom is 0.00989 e. The van der Waals surface area contributed by atoms with Crippen LogP contribution in [0, 0.1) is 5.92 Å². The van der Waals surface area contributed by atoms with E-state index >= 15 is 0 Å². The van der Waals surface area contributed by atoms with Crippen LogP contribution in [0.3, 0.4) is 0 Å². The molecule has 82 valence electrons. The number of hydrogen-bond acceptors (Lipinski definition) is 1. The molecule has 2 heterocycles. The van der Waals surface area contributed by atoms with Gasteiger partial charge in [0.05, 0.1) is 0 Å². The predicted molar refractivity (Wildman–Crippen MR) is 61.4 cm³/mol. The van der Waals surface area contributed by atoms with Crippen molar-refractivity contribution >= 4 is 0 Å². The molecule has 1 nitrogen and oxygen atoms in total. The Hall–Kier alpha value is -0.0400. The molecule has 1 heteroatoms. The van der Waals surface area contributed by atoms with E-state index in [-0.39, 0.29) is 0 Å². The second kappa shape index (κ2) is 4.65. The quantitative estimate of drug-likeness (QED) is 0.667. The molecular weight excluding hydrogens is 170 g/mol. The normalized spacial score (nSPS) is 38.6. The third-order valence-corrected chi connectivity index (χ3v) is 4.18. The number of nitrogens with zero attached hydrogens (tertiary/aromatic N) is 1. The van der Waals surface area contributed by atoms with E-state index < -0.39 is 0 Å². The fourth-order valence-corrected chi connectivity index (χ4v) is 3.30. The van der Waals surface area contributed by atoms with Crippen molar-refractivity contribution in [3.8, 4) is 0 Å². The third kappa shape index (κ3) is 2.13. The van der Waals surface area contributed by atoms with Crippen LogP contribution < -0.4 is 0 Å². The van der Waals surface area contributed by atoms with Crippen molar-refractivity contribution in [2.75, 3.05) is 6.54 Å². The second-order valence-electron chi connectivity index (χ2n) is 5.41. The lowest BCUT2D eigenvalue weighted by molar-refractivity contribution is 0.110. The lowest BCUT2D eigenvalue weighted by atomic mass is 9.95. The number of hydrogen-bond donors (Lipinski definition) is 0. The molecule has 2 saturated heterocycles. The molecule has 2 aliphatic heterocycles. The first-order valence-electron chi connectivity index (χ1n) is 6.57. The summed E-state index contributed by atoms with van der Waals surface area (Å²) in [5.74, 6) is 0.952. The van der Waals surface area contributed by atoms with Gasteiger partial charge in [0.1, 0.15) is 0 Å². The van der Waals surface area contributed by atoms with E-state index in [1.165, 1.54) is 51.5 Å². The number of unbranched alkanes of at least 4 members (excludes halogenated alkanes) is 1. The minimum atomic E-state index is 0.947. The van der Waals surface area contributed by atoms with Crippen molar-refractivity contribution < 1.29 is 0 Å². The maximum absolute atomic E-state index is 2.84. The van der Waals surface area contributed by atoms with E-state index in [9.17, 15) is 0 Å². The van der Waals surface area contributed by atoms with Gasteiger partial charge in [0.2, 0.25) is 0 Å². The van der Waals surface area contributed by atoms with E-state index in [0.717, 1.165) is 18.0 Å². The number of rotatable bonds is 3. The summed E-state index contributed by atoms with van der Waals surface area (Å²) in [6.45, 7) is 6.12. The van der Waals surface area contributed by atoms with Crippen LogP contribution in [-0.2, 0) is 0 Å². The molecule has 14 heavy (non-hydrogen) atoms. The monoisotopic (exact) mass is 195 g/mol. The van der Waals surface area contributed by atoms with Crippen molar-refractivity contribution in [1.82, 2.24) is 4.90 Å². The zero-order chi connectivity index (χ0) is 9.97. The van der Waals surface area contributed by atoms with Crippen molar-refractivity contribution in [2.45, 2.75) is 70.9 Å². The summed E-state index contributed by atoms with van der Waals surface area (Å²) in [6, 6.07) is 1.91. The Morgan fingerprint density at radius 3 is 2.71 bits per heavy atom. The van der Waals surface area contributed by atoms with Crippen LogP contribution in [0.15, 0.2) is 0 Å². The van der Waals surface area contributed by atoms with E-state index in [2.05, 4.69) is 18.7 Å². The molecule has 2 fully saturated rings. The smallest absolute Gasteiger partial charge is 0.00989 e. The first-order valence-corrected chi connectivity index (χ1v) is 6.57. The van der Waals surface area contributed by atoms with Crippen LogP contribution in [0.5, 0.6) is 0 Å². The van der Waals surface area contributed by atoms with Crippen LogP contribution in [0.2, 0.25) is 0 Å². The fourth-order valence-electron chi connectivity index (χ4n) is 3.30. The zero-order valence-corrected chi connectivity index (χ0v) is 9.84. The molecule has 2 rings (SSSR count). The Morgan fingerprint density at radius 2 is 1.93 bits per heavy atom. The molecule has 3 unspecified atom stereocenters. The summed E-state index contributed by atoms with van der Waals surface area (Å²) in [5.41, 5.74) is 0. The summed E-state index contributed by atoms with van der Waals surface area (Å²) in [7, 11) is 0. The highest BCUT2D eigenvalue weighted by Gasteiger charge is 2.35. The molecule has 0 N–H and O–H groups in total. The summed E-state index contributed by atoms with van der Waals surface area (Å²) in [4.78, 5) is 2.84. The zero-order valence-electron chi connectivity index (χ0n) is 9.84. The maximum atomic E-state index is 2.84. The first kappa shape index (κ1) is 10.5. The molecule has 0 bridgehead atoms. The Bertz CT molecular complexity index is 178. The van der Waals surface area contributed by atoms with Crippen LogP contribution >= 0.6 is 0 Å². The topological polar surface area (TPSA) is 3.24 Å². The Kier molecular flexibility index (Phi) is 3.48. The largest absolute Gasteiger partial charge is 0.297 e. The summed E-state index contributed by atoms with van der Waals surface area (Å²) in [6.07, 6.45) is 10.2. The van der Waals surface area contributed by atoms with Crippen molar-refractivity contribution in [3.63, 3.8) is 0 Å². The lowest BCUT2D eigenvalue weighted by Gasteiger charge is -2.37. The third-order valence-electron chi connectivity index (χ3n) is 4.18. The molecule has 2 aliphatic rings. The van der Waals surface area contributed by atoms with Crippen molar-refractivity contribution in [3.05, 3.63) is 0 Å². The Labute approximate surface area is 88.9 Å². The van der Waals surface area contributed by atoms with Gasteiger partial charge >= 0.3 is 0 Å². The molecule has 0 saturated carbocycles. The number of piperidine rings is 1. The average molecular weight is 195 g/mol. The van der Waals surface area contributed by atoms with Gasteiger partial charge in [0.25, 0.3) is 0 Å². The van der Waals surface area contributed by atoms with Crippen molar-refractivity contribution in [1.29, 1.82) is 0 Å². The summed E-state index contributed by atoms with van der Waals surface area (Å²) < 4.78 is 0. The molecular formula is C13H25N. The van der Waals surface area contributed by atoms with Gasteiger partial charge in [0.15, 0.2) is 0 Å². The summed E-state index contributed by atoms with van der Waals surface area (Å²) >= 11 is 0. The fraction of sp³-hybridized carbons (Fsp3) is 1.00. The van der Waals surface area contributed by atoms with E-state index in [4.69, 9.17) is 0 Å². The van der Waals surface area contributed by atoms with Crippen LogP contribution in [-0.4, -0.2) is 23.5 Å². The molecule has 0 aromatic carbocycles. The molecule has 0 radical (unpaired) electrons. The standard InChI is InChI=1S/C13H25N/c1-3-4-5-12-8-9-13-7-6-11(2)10-14(12)13/h11-13H,3-10H2,1-2H3. The van der Waals surface area contributed by atoms with Gasteiger partial charge in [-0.15, -0.1) is 0 Å². The molecule has 0 aromatic heterocycles. The minimum absolute atomic E-state index is 0.947. The van der Waals surface area contributed by atoms with Crippen LogP contribution in [0.25, 0.3) is 0 Å².